The summed E-state index contributed by atoms with van der Waals surface area (Å²) in [5.41, 5.74) is 0.0800. The van der Waals surface area contributed by atoms with Gasteiger partial charge in [-0.25, -0.2) is 0 Å². The van der Waals surface area contributed by atoms with Crippen LogP contribution in [0.15, 0.2) is 54.6 Å². The lowest BCUT2D eigenvalue weighted by Gasteiger charge is -2.34. The molecule has 2 bridgehead atoms. The van der Waals surface area contributed by atoms with Crippen LogP contribution in [0.5, 0.6) is 0 Å². The second-order valence-corrected chi connectivity index (χ2v) is 12.3. The standard InChI is InChI=1S/C30H30Cl3N3O4/c31-18-14-19(32)16-21(15-18)35-27(37)24-23-10-12-30(40-23)25(24)29(39)36(13-11-17-6-4-5-9-22(17)33)26(30)28(38)34-20-7-2-1-3-8-20/h4-6,9-10,12,14-16,20,23-26H,1-3,7-8,11,13H2,(H,34,38)(H,35,37). The largest absolute Gasteiger partial charge is 0.359 e. The highest BCUT2D eigenvalue weighted by Crippen LogP contribution is 2.55. The molecule has 2 aromatic carbocycles. The van der Waals surface area contributed by atoms with Crippen LogP contribution >= 0.6 is 34.8 Å². The number of nitrogens with one attached hydrogen (secondary N) is 2. The van der Waals surface area contributed by atoms with Crippen LogP contribution in [0.25, 0.3) is 0 Å². The fourth-order valence-corrected chi connectivity index (χ4v) is 7.58. The molecule has 0 radical (unpaired) electrons. The van der Waals surface area contributed by atoms with Crippen molar-refractivity contribution < 1.29 is 19.1 Å². The smallest absolute Gasteiger partial charge is 0.246 e. The van der Waals surface area contributed by atoms with Gasteiger partial charge in [0, 0.05) is 33.3 Å². The Hall–Kier alpha value is -2.58. The molecule has 6 rings (SSSR count). The number of anilines is 1. The predicted octanol–water partition coefficient (Wildman–Crippen LogP) is 5.43. The van der Waals surface area contributed by atoms with Crippen LogP contribution in [0.1, 0.15) is 37.7 Å². The van der Waals surface area contributed by atoms with E-state index in [0.717, 1.165) is 37.7 Å². The topological polar surface area (TPSA) is 87.7 Å². The van der Waals surface area contributed by atoms with Crippen molar-refractivity contribution in [2.75, 3.05) is 11.9 Å². The summed E-state index contributed by atoms with van der Waals surface area (Å²) in [4.78, 5) is 43.3. The summed E-state index contributed by atoms with van der Waals surface area (Å²) in [5, 5.41) is 7.43. The highest BCUT2D eigenvalue weighted by atomic mass is 35.5. The van der Waals surface area contributed by atoms with Crippen LogP contribution < -0.4 is 10.6 Å². The minimum absolute atomic E-state index is 0.0616. The van der Waals surface area contributed by atoms with E-state index in [9.17, 15) is 14.4 Å². The van der Waals surface area contributed by atoms with Crippen molar-refractivity contribution >= 4 is 58.2 Å². The summed E-state index contributed by atoms with van der Waals surface area (Å²) < 4.78 is 6.43. The fraction of sp³-hybridized carbons (Fsp3) is 0.433. The van der Waals surface area contributed by atoms with Gasteiger partial charge in [0.25, 0.3) is 0 Å². The van der Waals surface area contributed by atoms with Crippen molar-refractivity contribution in [1.82, 2.24) is 10.2 Å². The maximum atomic E-state index is 14.1. The first kappa shape index (κ1) is 27.6. The minimum Gasteiger partial charge on any atom is -0.359 e. The molecular weight excluding hydrogens is 573 g/mol. The van der Waals surface area contributed by atoms with E-state index in [4.69, 9.17) is 39.5 Å². The Morgan fingerprint density at radius 1 is 1.00 bits per heavy atom. The zero-order chi connectivity index (χ0) is 28.0. The van der Waals surface area contributed by atoms with E-state index >= 15 is 0 Å². The monoisotopic (exact) mass is 601 g/mol. The van der Waals surface area contributed by atoms with Gasteiger partial charge in [-0.15, -0.1) is 0 Å². The second-order valence-electron chi connectivity index (χ2n) is 11.1. The van der Waals surface area contributed by atoms with Gasteiger partial charge in [-0.1, -0.05) is 84.4 Å². The van der Waals surface area contributed by atoms with Gasteiger partial charge in [-0.05, 0) is 49.1 Å². The maximum absolute atomic E-state index is 14.1. The van der Waals surface area contributed by atoms with Gasteiger partial charge < -0.3 is 20.3 Å². The number of halogens is 3. The van der Waals surface area contributed by atoms with E-state index in [1.54, 1.807) is 35.2 Å². The van der Waals surface area contributed by atoms with Gasteiger partial charge in [0.2, 0.25) is 17.7 Å². The number of carbonyl (C=O) groups is 3. The summed E-state index contributed by atoms with van der Waals surface area (Å²) >= 11 is 18.7. The lowest BCUT2D eigenvalue weighted by molar-refractivity contribution is -0.141. The van der Waals surface area contributed by atoms with Crippen LogP contribution in [-0.4, -0.2) is 53.0 Å². The summed E-state index contributed by atoms with van der Waals surface area (Å²) in [7, 11) is 0. The Morgan fingerprint density at radius 2 is 1.73 bits per heavy atom. The molecule has 2 aromatic rings. The molecule has 3 fully saturated rings. The Labute approximate surface area is 248 Å². The summed E-state index contributed by atoms with van der Waals surface area (Å²) in [6.07, 6.45) is 8.57. The number of benzene rings is 2. The van der Waals surface area contributed by atoms with Gasteiger partial charge >= 0.3 is 0 Å². The predicted molar refractivity (Wildman–Crippen MR) is 154 cm³/mol. The number of fused-ring (bicyclic) bond motifs is 1. The normalized spacial score (nSPS) is 29.1. The van der Waals surface area contributed by atoms with Crippen molar-refractivity contribution in [3.05, 3.63) is 75.2 Å². The number of nitrogens with zero attached hydrogens (tertiary/aromatic N) is 1. The number of rotatable bonds is 7. The van der Waals surface area contributed by atoms with Gasteiger partial charge in [0.15, 0.2) is 0 Å². The zero-order valence-corrected chi connectivity index (χ0v) is 24.0. The van der Waals surface area contributed by atoms with Gasteiger partial charge in [0.1, 0.15) is 11.6 Å². The third-order valence-corrected chi connectivity index (χ3v) is 9.39. The minimum atomic E-state index is -1.23. The van der Waals surface area contributed by atoms with E-state index in [1.807, 2.05) is 24.3 Å². The average Bonchev–Trinajstić information content (AvgIpc) is 3.55. The molecule has 10 heteroatoms. The molecule has 2 N–H and O–H groups in total. The molecule has 1 aliphatic carbocycles. The van der Waals surface area contributed by atoms with E-state index < -0.39 is 29.6 Å². The molecule has 4 aliphatic rings. The Bertz CT molecular complexity index is 1360. The molecule has 1 saturated carbocycles. The van der Waals surface area contributed by atoms with Crippen molar-refractivity contribution in [2.45, 2.75) is 62.3 Å². The molecule has 7 nitrogen and oxygen atoms in total. The SMILES string of the molecule is O=C(Nc1cc(Cl)cc(Cl)c1)C1C2C=CC3(O2)C1C(=O)N(CCc1ccccc1Cl)C3C(=O)NC1CCCCC1. The molecule has 3 aliphatic heterocycles. The van der Waals surface area contributed by atoms with Crippen molar-refractivity contribution in [3.8, 4) is 0 Å². The van der Waals surface area contributed by atoms with Crippen LogP contribution in [-0.2, 0) is 25.5 Å². The van der Waals surface area contributed by atoms with E-state index in [-0.39, 0.29) is 30.3 Å². The third kappa shape index (κ3) is 4.91. The lowest BCUT2D eigenvalue weighted by atomic mass is 9.74. The molecule has 210 valence electrons. The molecule has 2 saturated heterocycles. The molecule has 3 heterocycles. The van der Waals surface area contributed by atoms with Gasteiger partial charge in [-0.2, -0.15) is 0 Å². The third-order valence-electron chi connectivity index (χ3n) is 8.59. The molecule has 40 heavy (non-hydrogen) atoms. The maximum Gasteiger partial charge on any atom is 0.246 e. The summed E-state index contributed by atoms with van der Waals surface area (Å²) in [6, 6.07) is 11.4. The molecular formula is C30H30Cl3N3O4. The Balaban J connectivity index is 1.30. The summed E-state index contributed by atoms with van der Waals surface area (Å²) in [6.45, 7) is 0.268. The lowest BCUT2D eigenvalue weighted by Crippen LogP contribution is -2.56. The fourth-order valence-electron chi connectivity index (χ4n) is 6.83. The zero-order valence-electron chi connectivity index (χ0n) is 21.7. The van der Waals surface area contributed by atoms with Crippen LogP contribution in [0.4, 0.5) is 5.69 Å². The highest BCUT2D eigenvalue weighted by Gasteiger charge is 2.72. The van der Waals surface area contributed by atoms with Crippen LogP contribution in [0.2, 0.25) is 15.1 Å². The molecule has 5 atom stereocenters. The van der Waals surface area contributed by atoms with Gasteiger partial charge in [-0.3, -0.25) is 14.4 Å². The number of ether oxygens (including phenoxy) is 1. The van der Waals surface area contributed by atoms with E-state index in [2.05, 4.69) is 10.6 Å². The van der Waals surface area contributed by atoms with Gasteiger partial charge in [0.05, 0.1) is 17.9 Å². The van der Waals surface area contributed by atoms with Crippen molar-refractivity contribution in [3.63, 3.8) is 0 Å². The number of hydrogen-bond acceptors (Lipinski definition) is 4. The van der Waals surface area contributed by atoms with Crippen molar-refractivity contribution in [2.24, 2.45) is 11.8 Å². The molecule has 0 aromatic heterocycles. The summed E-state index contributed by atoms with van der Waals surface area (Å²) in [5.74, 6) is -2.55. The first-order valence-electron chi connectivity index (χ1n) is 13.8. The molecule has 5 unspecified atom stereocenters. The van der Waals surface area contributed by atoms with Crippen LogP contribution in [0.3, 0.4) is 0 Å². The number of hydrogen-bond donors (Lipinski definition) is 2. The van der Waals surface area contributed by atoms with E-state index in [1.165, 1.54) is 0 Å². The van der Waals surface area contributed by atoms with Crippen LogP contribution in [0, 0.1) is 11.8 Å². The highest BCUT2D eigenvalue weighted by molar-refractivity contribution is 6.35. The van der Waals surface area contributed by atoms with Crippen molar-refractivity contribution in [1.29, 1.82) is 0 Å². The Kier molecular flexibility index (Phi) is 7.59. The number of amides is 3. The van der Waals surface area contributed by atoms with E-state index in [0.29, 0.717) is 27.2 Å². The average molecular weight is 603 g/mol. The Morgan fingerprint density at radius 3 is 2.45 bits per heavy atom. The number of likely N-dealkylation sites (tertiary alicyclic amines) is 1. The molecule has 3 amide bonds. The quantitative estimate of drug-likeness (QED) is 0.414. The molecule has 1 spiro atoms. The second kappa shape index (κ2) is 11.0. The first-order chi connectivity index (χ1) is 19.3. The first-order valence-corrected chi connectivity index (χ1v) is 14.9. The number of carbonyl (C=O) groups excluding carboxylic acids is 3.